The average Bonchev–Trinajstić information content (AvgIpc) is 2.60. The standard InChI is InChI=1S/C11H21N3S/c1-5-15-7-6-10(3)14-8-9(2)13-11(14)12-4/h8,10H,5-7H2,1-4H3,(H,12,13). The number of rotatable bonds is 6. The highest BCUT2D eigenvalue weighted by molar-refractivity contribution is 7.99. The molecule has 15 heavy (non-hydrogen) atoms. The van der Waals surface area contributed by atoms with Crippen molar-refractivity contribution in [2.75, 3.05) is 23.9 Å². The van der Waals surface area contributed by atoms with Crippen LogP contribution in [0.15, 0.2) is 6.20 Å². The van der Waals surface area contributed by atoms with E-state index in [4.69, 9.17) is 0 Å². The lowest BCUT2D eigenvalue weighted by Gasteiger charge is -2.15. The molecule has 3 nitrogen and oxygen atoms in total. The van der Waals surface area contributed by atoms with Gasteiger partial charge in [0.2, 0.25) is 5.95 Å². The number of anilines is 1. The van der Waals surface area contributed by atoms with E-state index in [0.29, 0.717) is 6.04 Å². The third-order valence-corrected chi connectivity index (χ3v) is 3.37. The first-order valence-corrected chi connectivity index (χ1v) is 6.65. The number of nitrogens with zero attached hydrogens (tertiary/aromatic N) is 2. The van der Waals surface area contributed by atoms with Gasteiger partial charge in [0.15, 0.2) is 0 Å². The van der Waals surface area contributed by atoms with E-state index in [1.165, 1.54) is 17.9 Å². The van der Waals surface area contributed by atoms with Crippen molar-refractivity contribution in [3.8, 4) is 0 Å². The summed E-state index contributed by atoms with van der Waals surface area (Å²) in [6.45, 7) is 6.48. The minimum atomic E-state index is 0.521. The largest absolute Gasteiger partial charge is 0.359 e. The van der Waals surface area contributed by atoms with Gasteiger partial charge < -0.3 is 9.88 Å². The van der Waals surface area contributed by atoms with Crippen molar-refractivity contribution >= 4 is 17.7 Å². The molecule has 0 aliphatic carbocycles. The van der Waals surface area contributed by atoms with Crippen molar-refractivity contribution < 1.29 is 0 Å². The fraction of sp³-hybridized carbons (Fsp3) is 0.727. The SMILES string of the molecule is CCSCCC(C)n1cc(C)nc1NC. The van der Waals surface area contributed by atoms with Crippen molar-refractivity contribution in [3.05, 3.63) is 11.9 Å². The van der Waals surface area contributed by atoms with E-state index in [1.54, 1.807) is 0 Å². The maximum Gasteiger partial charge on any atom is 0.203 e. The Morgan fingerprint density at radius 3 is 2.93 bits per heavy atom. The molecular weight excluding hydrogens is 206 g/mol. The Bertz CT molecular complexity index is 296. The van der Waals surface area contributed by atoms with Crippen LogP contribution in [0.4, 0.5) is 5.95 Å². The third kappa shape index (κ3) is 3.45. The van der Waals surface area contributed by atoms with Gasteiger partial charge in [0.25, 0.3) is 0 Å². The first-order chi connectivity index (χ1) is 7.19. The monoisotopic (exact) mass is 227 g/mol. The topological polar surface area (TPSA) is 29.9 Å². The van der Waals surface area contributed by atoms with Gasteiger partial charge in [-0.3, -0.25) is 0 Å². The number of hydrogen-bond acceptors (Lipinski definition) is 3. The summed E-state index contributed by atoms with van der Waals surface area (Å²) in [5.41, 5.74) is 1.08. The maximum atomic E-state index is 4.42. The van der Waals surface area contributed by atoms with Gasteiger partial charge >= 0.3 is 0 Å². The van der Waals surface area contributed by atoms with Crippen LogP contribution in [-0.2, 0) is 0 Å². The van der Waals surface area contributed by atoms with Crippen LogP contribution in [-0.4, -0.2) is 28.1 Å². The molecule has 0 amide bonds. The first kappa shape index (κ1) is 12.4. The number of thioether (sulfide) groups is 1. The van der Waals surface area contributed by atoms with Gasteiger partial charge in [-0.25, -0.2) is 4.98 Å². The molecule has 0 fully saturated rings. The van der Waals surface area contributed by atoms with Crippen LogP contribution >= 0.6 is 11.8 Å². The maximum absolute atomic E-state index is 4.42. The van der Waals surface area contributed by atoms with Crippen molar-refractivity contribution in [1.82, 2.24) is 9.55 Å². The summed E-state index contributed by atoms with van der Waals surface area (Å²) in [6.07, 6.45) is 3.32. The minimum Gasteiger partial charge on any atom is -0.359 e. The Morgan fingerprint density at radius 2 is 2.33 bits per heavy atom. The normalized spacial score (nSPS) is 12.8. The number of imidazole rings is 1. The molecule has 0 radical (unpaired) electrons. The molecule has 1 N–H and O–H groups in total. The lowest BCUT2D eigenvalue weighted by molar-refractivity contribution is 0.540. The predicted molar refractivity (Wildman–Crippen MR) is 68.8 cm³/mol. The highest BCUT2D eigenvalue weighted by Crippen LogP contribution is 2.20. The third-order valence-electron chi connectivity index (χ3n) is 2.44. The second-order valence-electron chi connectivity index (χ2n) is 3.70. The van der Waals surface area contributed by atoms with Crippen molar-refractivity contribution in [1.29, 1.82) is 0 Å². The van der Waals surface area contributed by atoms with Crippen molar-refractivity contribution in [2.45, 2.75) is 33.2 Å². The zero-order valence-corrected chi connectivity index (χ0v) is 10.9. The van der Waals surface area contributed by atoms with E-state index >= 15 is 0 Å². The molecule has 1 atom stereocenters. The molecule has 0 aliphatic heterocycles. The Labute approximate surface area is 96.7 Å². The first-order valence-electron chi connectivity index (χ1n) is 5.50. The molecule has 0 aromatic carbocycles. The zero-order chi connectivity index (χ0) is 11.3. The van der Waals surface area contributed by atoms with Crippen LogP contribution in [0, 0.1) is 6.92 Å². The molecule has 1 aromatic rings. The van der Waals surface area contributed by atoms with Crippen LogP contribution < -0.4 is 5.32 Å². The molecule has 0 saturated heterocycles. The highest BCUT2D eigenvalue weighted by atomic mass is 32.2. The van der Waals surface area contributed by atoms with Crippen molar-refractivity contribution in [3.63, 3.8) is 0 Å². The van der Waals surface area contributed by atoms with Crippen molar-refractivity contribution in [2.24, 2.45) is 0 Å². The summed E-state index contributed by atoms with van der Waals surface area (Å²) < 4.78 is 2.23. The summed E-state index contributed by atoms with van der Waals surface area (Å²) in [4.78, 5) is 4.42. The average molecular weight is 227 g/mol. The zero-order valence-electron chi connectivity index (χ0n) is 10.1. The summed E-state index contributed by atoms with van der Waals surface area (Å²) in [6, 6.07) is 0.521. The van der Waals surface area contributed by atoms with Gasteiger partial charge in [-0.1, -0.05) is 6.92 Å². The molecule has 1 unspecified atom stereocenters. The molecule has 0 bridgehead atoms. The molecule has 4 heteroatoms. The highest BCUT2D eigenvalue weighted by Gasteiger charge is 2.10. The Kier molecular flexibility index (Phi) is 5.02. The Balaban J connectivity index is 2.59. The molecule has 1 heterocycles. The predicted octanol–water partition coefficient (Wildman–Crippen LogP) is 2.94. The van der Waals surface area contributed by atoms with Gasteiger partial charge in [-0.05, 0) is 31.8 Å². The van der Waals surface area contributed by atoms with Crippen LogP contribution in [0.1, 0.15) is 32.0 Å². The van der Waals surface area contributed by atoms with Crippen LogP contribution in [0.5, 0.6) is 0 Å². The molecule has 0 aliphatic rings. The number of nitrogens with one attached hydrogen (secondary N) is 1. The number of aromatic nitrogens is 2. The summed E-state index contributed by atoms with van der Waals surface area (Å²) >= 11 is 2.00. The van der Waals surface area contributed by atoms with E-state index in [9.17, 15) is 0 Å². The molecular formula is C11H21N3S. The van der Waals surface area contributed by atoms with Gasteiger partial charge in [-0.15, -0.1) is 0 Å². The number of aryl methyl sites for hydroxylation is 1. The second kappa shape index (κ2) is 6.05. The number of hydrogen-bond donors (Lipinski definition) is 1. The van der Waals surface area contributed by atoms with Crippen LogP contribution in [0.3, 0.4) is 0 Å². The molecule has 1 aromatic heterocycles. The minimum absolute atomic E-state index is 0.521. The fourth-order valence-corrected chi connectivity index (χ4v) is 2.37. The summed E-state index contributed by atoms with van der Waals surface area (Å²) in [7, 11) is 1.92. The lowest BCUT2D eigenvalue weighted by atomic mass is 10.2. The van der Waals surface area contributed by atoms with E-state index in [0.717, 1.165) is 11.6 Å². The summed E-state index contributed by atoms with van der Waals surface area (Å²) in [5.74, 6) is 3.40. The molecule has 0 spiro atoms. The van der Waals surface area contributed by atoms with E-state index in [1.807, 2.05) is 25.7 Å². The van der Waals surface area contributed by atoms with Crippen LogP contribution in [0.2, 0.25) is 0 Å². The van der Waals surface area contributed by atoms with Gasteiger partial charge in [0.1, 0.15) is 0 Å². The van der Waals surface area contributed by atoms with E-state index in [2.05, 4.69) is 34.9 Å². The van der Waals surface area contributed by atoms with Crippen LogP contribution in [0.25, 0.3) is 0 Å². The quantitative estimate of drug-likeness (QED) is 0.758. The Morgan fingerprint density at radius 1 is 1.60 bits per heavy atom. The smallest absolute Gasteiger partial charge is 0.203 e. The fourth-order valence-electron chi connectivity index (χ4n) is 1.57. The van der Waals surface area contributed by atoms with Gasteiger partial charge in [0, 0.05) is 19.3 Å². The lowest BCUT2D eigenvalue weighted by Crippen LogP contribution is -2.09. The van der Waals surface area contributed by atoms with E-state index in [-0.39, 0.29) is 0 Å². The molecule has 0 saturated carbocycles. The van der Waals surface area contributed by atoms with E-state index < -0.39 is 0 Å². The summed E-state index contributed by atoms with van der Waals surface area (Å²) in [5, 5.41) is 3.13. The van der Waals surface area contributed by atoms with Gasteiger partial charge in [0.05, 0.1) is 5.69 Å². The van der Waals surface area contributed by atoms with Gasteiger partial charge in [-0.2, -0.15) is 11.8 Å². The molecule has 86 valence electrons. The second-order valence-corrected chi connectivity index (χ2v) is 5.09. The Hall–Kier alpha value is -0.640. The molecule has 1 rings (SSSR count).